The number of fused-ring (bicyclic) bond motifs is 3. The fourth-order valence-corrected chi connectivity index (χ4v) is 2.94. The molecule has 0 aliphatic carbocycles. The first-order chi connectivity index (χ1) is 6.86. The van der Waals surface area contributed by atoms with Gasteiger partial charge in [0.2, 0.25) is 0 Å². The van der Waals surface area contributed by atoms with E-state index in [1.807, 2.05) is 24.4 Å². The van der Waals surface area contributed by atoms with Gasteiger partial charge in [0.1, 0.15) is 0 Å². The molecule has 0 fully saturated rings. The zero-order chi connectivity index (χ0) is 9.54. The summed E-state index contributed by atoms with van der Waals surface area (Å²) < 4.78 is 2.32. The molecule has 0 aliphatic rings. The van der Waals surface area contributed by atoms with Gasteiger partial charge in [0.15, 0.2) is 0 Å². The molecule has 3 rings (SSSR count). The van der Waals surface area contributed by atoms with Crippen molar-refractivity contribution in [1.82, 2.24) is 4.98 Å². The maximum Gasteiger partial charge on any atom is 0.0888 e. The number of benzene rings is 1. The Bertz CT molecular complexity index is 615. The van der Waals surface area contributed by atoms with E-state index in [9.17, 15) is 0 Å². The topological polar surface area (TPSA) is 12.9 Å². The summed E-state index contributed by atoms with van der Waals surface area (Å²) >= 11 is 7.80. The van der Waals surface area contributed by atoms with Gasteiger partial charge in [0.05, 0.1) is 19.9 Å². The SMILES string of the molecule is Clc1cccc2c1sc1cccnc12. The lowest BCUT2D eigenvalue weighted by molar-refractivity contribution is 1.44. The summed E-state index contributed by atoms with van der Waals surface area (Å²) in [6.45, 7) is 0. The number of aromatic nitrogens is 1. The molecule has 14 heavy (non-hydrogen) atoms. The van der Waals surface area contributed by atoms with E-state index in [4.69, 9.17) is 11.6 Å². The Kier molecular flexibility index (Phi) is 1.72. The molecule has 0 saturated carbocycles. The predicted molar refractivity (Wildman–Crippen MR) is 62.1 cm³/mol. The standard InChI is InChI=1S/C11H6ClNS/c12-8-4-1-3-7-10-9(14-11(7)8)5-2-6-13-10/h1-6H. The molecule has 68 valence electrons. The average Bonchev–Trinajstić information content (AvgIpc) is 2.59. The van der Waals surface area contributed by atoms with Crippen LogP contribution in [0, 0.1) is 0 Å². The van der Waals surface area contributed by atoms with Crippen molar-refractivity contribution in [2.45, 2.75) is 0 Å². The van der Waals surface area contributed by atoms with Crippen molar-refractivity contribution >= 4 is 43.2 Å². The van der Waals surface area contributed by atoms with Crippen LogP contribution in [0.3, 0.4) is 0 Å². The molecule has 0 aliphatic heterocycles. The minimum absolute atomic E-state index is 0.811. The number of pyridine rings is 1. The molecule has 0 N–H and O–H groups in total. The monoisotopic (exact) mass is 219 g/mol. The van der Waals surface area contributed by atoms with Crippen molar-refractivity contribution in [3.63, 3.8) is 0 Å². The Labute approximate surface area is 90.0 Å². The highest BCUT2D eigenvalue weighted by atomic mass is 35.5. The summed E-state index contributed by atoms with van der Waals surface area (Å²) in [7, 11) is 0. The zero-order valence-electron chi connectivity index (χ0n) is 7.20. The van der Waals surface area contributed by atoms with E-state index in [0.29, 0.717) is 0 Å². The number of nitrogens with zero attached hydrogens (tertiary/aromatic N) is 1. The van der Waals surface area contributed by atoms with Gasteiger partial charge < -0.3 is 0 Å². The summed E-state index contributed by atoms with van der Waals surface area (Å²) in [5.74, 6) is 0. The normalized spacial score (nSPS) is 11.2. The molecule has 0 bridgehead atoms. The molecule has 3 aromatic rings. The number of halogens is 1. The Balaban J connectivity index is 2.63. The van der Waals surface area contributed by atoms with Gasteiger partial charge in [-0.25, -0.2) is 0 Å². The fourth-order valence-electron chi connectivity index (χ4n) is 1.58. The molecule has 2 aromatic heterocycles. The van der Waals surface area contributed by atoms with Crippen LogP contribution in [0.5, 0.6) is 0 Å². The Morgan fingerprint density at radius 3 is 3.00 bits per heavy atom. The van der Waals surface area contributed by atoms with Crippen molar-refractivity contribution in [2.24, 2.45) is 0 Å². The van der Waals surface area contributed by atoms with Crippen molar-refractivity contribution in [3.05, 3.63) is 41.6 Å². The van der Waals surface area contributed by atoms with Gasteiger partial charge in [0, 0.05) is 11.6 Å². The Morgan fingerprint density at radius 2 is 2.07 bits per heavy atom. The third kappa shape index (κ3) is 1.04. The van der Waals surface area contributed by atoms with Crippen LogP contribution in [0.4, 0.5) is 0 Å². The molecule has 3 heteroatoms. The summed E-state index contributed by atoms with van der Waals surface area (Å²) in [4.78, 5) is 4.36. The molecule has 0 radical (unpaired) electrons. The summed E-state index contributed by atoms with van der Waals surface area (Å²) in [6, 6.07) is 9.97. The highest BCUT2D eigenvalue weighted by Gasteiger charge is 2.06. The third-order valence-electron chi connectivity index (χ3n) is 2.20. The van der Waals surface area contributed by atoms with Crippen molar-refractivity contribution in [3.8, 4) is 0 Å². The summed E-state index contributed by atoms with van der Waals surface area (Å²) in [5.41, 5.74) is 1.05. The van der Waals surface area contributed by atoms with Crippen LogP contribution in [-0.4, -0.2) is 4.98 Å². The second-order valence-electron chi connectivity index (χ2n) is 3.07. The van der Waals surface area contributed by atoms with Crippen LogP contribution in [0.1, 0.15) is 0 Å². The van der Waals surface area contributed by atoms with Crippen LogP contribution in [-0.2, 0) is 0 Å². The number of hydrogen-bond donors (Lipinski definition) is 0. The highest BCUT2D eigenvalue weighted by Crippen LogP contribution is 2.36. The zero-order valence-corrected chi connectivity index (χ0v) is 8.77. The minimum atomic E-state index is 0.811. The predicted octanol–water partition coefficient (Wildman–Crippen LogP) is 4.10. The van der Waals surface area contributed by atoms with Gasteiger partial charge in [-0.2, -0.15) is 0 Å². The molecule has 2 heterocycles. The molecule has 0 amide bonds. The lowest BCUT2D eigenvalue weighted by atomic mass is 10.2. The third-order valence-corrected chi connectivity index (χ3v) is 3.83. The van der Waals surface area contributed by atoms with E-state index in [1.54, 1.807) is 11.3 Å². The summed E-state index contributed by atoms with van der Waals surface area (Å²) in [6.07, 6.45) is 1.81. The van der Waals surface area contributed by atoms with Crippen LogP contribution >= 0.6 is 22.9 Å². The van der Waals surface area contributed by atoms with E-state index in [0.717, 1.165) is 20.6 Å². The second kappa shape index (κ2) is 2.94. The number of thiophene rings is 1. The molecule has 1 nitrogen and oxygen atoms in total. The lowest BCUT2D eigenvalue weighted by Crippen LogP contribution is -1.70. The molecule has 0 unspecified atom stereocenters. The maximum atomic E-state index is 6.11. The summed E-state index contributed by atoms with van der Waals surface area (Å²) in [5, 5.41) is 1.96. The van der Waals surface area contributed by atoms with Gasteiger partial charge in [-0.15, -0.1) is 11.3 Å². The highest BCUT2D eigenvalue weighted by molar-refractivity contribution is 7.26. The maximum absolute atomic E-state index is 6.11. The van der Waals surface area contributed by atoms with Gasteiger partial charge in [-0.3, -0.25) is 4.98 Å². The largest absolute Gasteiger partial charge is 0.255 e. The quantitative estimate of drug-likeness (QED) is 0.555. The van der Waals surface area contributed by atoms with Gasteiger partial charge in [-0.05, 0) is 18.2 Å². The molecule has 1 aromatic carbocycles. The van der Waals surface area contributed by atoms with E-state index in [1.165, 1.54) is 4.70 Å². The van der Waals surface area contributed by atoms with Gasteiger partial charge in [0.25, 0.3) is 0 Å². The fraction of sp³-hybridized carbons (Fsp3) is 0. The molecular formula is C11H6ClNS. The van der Waals surface area contributed by atoms with Crippen molar-refractivity contribution < 1.29 is 0 Å². The Morgan fingerprint density at radius 1 is 1.14 bits per heavy atom. The lowest BCUT2D eigenvalue weighted by Gasteiger charge is -1.91. The molecule has 0 atom stereocenters. The van der Waals surface area contributed by atoms with Crippen molar-refractivity contribution in [2.75, 3.05) is 0 Å². The van der Waals surface area contributed by atoms with Crippen LogP contribution in [0.15, 0.2) is 36.5 Å². The Hall–Kier alpha value is -1.12. The number of rotatable bonds is 0. The van der Waals surface area contributed by atoms with E-state index >= 15 is 0 Å². The smallest absolute Gasteiger partial charge is 0.0888 e. The first-order valence-corrected chi connectivity index (χ1v) is 5.47. The minimum Gasteiger partial charge on any atom is -0.255 e. The van der Waals surface area contributed by atoms with Crippen LogP contribution in [0.25, 0.3) is 20.3 Å². The number of hydrogen-bond acceptors (Lipinski definition) is 2. The van der Waals surface area contributed by atoms with E-state index in [-0.39, 0.29) is 0 Å². The molecule has 0 saturated heterocycles. The molecular weight excluding hydrogens is 214 g/mol. The van der Waals surface area contributed by atoms with Crippen LogP contribution in [0.2, 0.25) is 5.02 Å². The van der Waals surface area contributed by atoms with Crippen LogP contribution < -0.4 is 0 Å². The van der Waals surface area contributed by atoms with E-state index in [2.05, 4.69) is 17.1 Å². The molecule has 0 spiro atoms. The van der Waals surface area contributed by atoms with Gasteiger partial charge >= 0.3 is 0 Å². The van der Waals surface area contributed by atoms with E-state index < -0.39 is 0 Å². The second-order valence-corrected chi connectivity index (χ2v) is 4.53. The van der Waals surface area contributed by atoms with Crippen molar-refractivity contribution in [1.29, 1.82) is 0 Å². The van der Waals surface area contributed by atoms with Gasteiger partial charge in [-0.1, -0.05) is 23.7 Å². The first kappa shape index (κ1) is 8.21. The first-order valence-electron chi connectivity index (χ1n) is 4.28. The average molecular weight is 220 g/mol.